The fourth-order valence-electron chi connectivity index (χ4n) is 6.77. The fourth-order valence-corrected chi connectivity index (χ4v) is 6.77. The number of alkyl halides is 3. The Labute approximate surface area is 345 Å². The molecule has 4 atom stereocenters. The zero-order chi connectivity index (χ0) is 44.2. The highest BCUT2D eigenvalue weighted by molar-refractivity contribution is 5.92. The molecule has 1 heterocycles. The third-order valence-electron chi connectivity index (χ3n) is 10.2. The average molecular weight is 836 g/mol. The molecule has 0 unspecified atom stereocenters. The third-order valence-corrected chi connectivity index (χ3v) is 10.2. The number of nitrogens with zero attached hydrogens (tertiary/aromatic N) is 1. The van der Waals surface area contributed by atoms with E-state index in [1.165, 1.54) is 5.56 Å². The Morgan fingerprint density at radius 1 is 0.831 bits per heavy atom. The molecule has 0 spiro atoms. The molecule has 10 N–H and O–H groups in total. The highest BCUT2D eigenvalue weighted by atomic mass is 19.4. The molecule has 0 saturated carbocycles. The smallest absolute Gasteiger partial charge is 0.480 e. The summed E-state index contributed by atoms with van der Waals surface area (Å²) >= 11 is 0. The number of hydrogen-bond acceptors (Lipinski definition) is 9. The van der Waals surface area contributed by atoms with Crippen molar-refractivity contribution in [1.82, 2.24) is 26.2 Å². The molecular formula is C42H64F3N7O7. The number of carbonyl (C=O) groups excluding carboxylic acids is 3. The zero-order valence-corrected chi connectivity index (χ0v) is 34.6. The lowest BCUT2D eigenvalue weighted by atomic mass is 9.88. The van der Waals surface area contributed by atoms with Crippen LogP contribution in [0.1, 0.15) is 83.3 Å². The van der Waals surface area contributed by atoms with Gasteiger partial charge in [0.2, 0.25) is 17.7 Å². The molecular weight excluding hydrogens is 771 g/mol. The summed E-state index contributed by atoms with van der Waals surface area (Å²) in [5.41, 5.74) is 12.7. The van der Waals surface area contributed by atoms with Crippen molar-refractivity contribution in [1.29, 1.82) is 0 Å². The molecule has 2 aromatic carbocycles. The van der Waals surface area contributed by atoms with Gasteiger partial charge in [-0.1, -0.05) is 94.8 Å². The Morgan fingerprint density at radius 2 is 1.39 bits per heavy atom. The number of unbranched alkanes of at least 4 members (excludes halogenated alkanes) is 1. The van der Waals surface area contributed by atoms with E-state index < -0.39 is 41.6 Å². The lowest BCUT2D eigenvalue weighted by Crippen LogP contribution is -2.59. The number of hydrogen-bond donors (Lipinski definition) is 8. The van der Waals surface area contributed by atoms with Gasteiger partial charge in [-0.25, -0.2) is 4.79 Å². The van der Waals surface area contributed by atoms with Crippen LogP contribution in [0.15, 0.2) is 60.7 Å². The number of rotatable bonds is 22. The van der Waals surface area contributed by atoms with E-state index in [-0.39, 0.29) is 42.7 Å². The van der Waals surface area contributed by atoms with Gasteiger partial charge in [0.1, 0.15) is 17.6 Å². The van der Waals surface area contributed by atoms with E-state index in [2.05, 4.69) is 52.1 Å². The molecule has 1 aliphatic heterocycles. The molecule has 1 fully saturated rings. The van der Waals surface area contributed by atoms with Crippen LogP contribution in [0, 0.1) is 11.8 Å². The van der Waals surface area contributed by atoms with E-state index >= 15 is 0 Å². The van der Waals surface area contributed by atoms with Gasteiger partial charge in [-0.15, -0.1) is 0 Å². The predicted molar refractivity (Wildman–Crippen MR) is 219 cm³/mol. The van der Waals surface area contributed by atoms with Crippen LogP contribution < -0.4 is 32.7 Å². The van der Waals surface area contributed by atoms with Crippen LogP contribution in [0.4, 0.5) is 13.2 Å². The Hall–Kier alpha value is -4.58. The van der Waals surface area contributed by atoms with E-state index in [0.29, 0.717) is 64.3 Å². The SMILES string of the molecule is CC(C)C[C@@H](NC(=O)[C@@H](Cc1ccccc1)NC(=O)CNC[C@@H](c1ccccc1)C(C)C)C(=O)N[C@H](CCCCN)CN1CCC(N)(C(=O)O)CC1.O=C(O)C(F)(F)F. The number of halogens is 3. The lowest BCUT2D eigenvalue weighted by Gasteiger charge is -2.38. The van der Waals surface area contributed by atoms with Crippen LogP contribution in [0.5, 0.6) is 0 Å². The largest absolute Gasteiger partial charge is 0.490 e. The highest BCUT2D eigenvalue weighted by Gasteiger charge is 2.39. The Morgan fingerprint density at radius 3 is 1.90 bits per heavy atom. The standard InChI is InChI=1S/C40H63N7O5.C2HF3O2/c1-28(2)23-34(37(49)44-32(17-11-12-20-41)27-47-21-18-40(42,19-22-47)39(51)52)46-38(50)35(24-30-13-7-5-8-14-30)45-36(48)26-43-25-33(29(3)4)31-15-9-6-10-16-31;3-2(4,5)1(6)7/h5-10,13-16,28-29,32-35,43H,11-12,17-27,41-42H2,1-4H3,(H,44,49)(H,45,48)(H,46,50)(H,51,52);(H,6,7)/t32-,33-,34-,35-;/m1./s1. The first-order valence-corrected chi connectivity index (χ1v) is 20.2. The number of piperidine rings is 1. The van der Waals surface area contributed by atoms with Gasteiger partial charge in [0, 0.05) is 38.6 Å². The van der Waals surface area contributed by atoms with Gasteiger partial charge < -0.3 is 47.8 Å². The lowest BCUT2D eigenvalue weighted by molar-refractivity contribution is -0.192. The maximum absolute atomic E-state index is 14.0. The molecule has 0 aromatic heterocycles. The molecule has 17 heteroatoms. The van der Waals surface area contributed by atoms with Gasteiger partial charge in [0.25, 0.3) is 0 Å². The summed E-state index contributed by atoms with van der Waals surface area (Å²) in [6.07, 6.45) is -1.44. The molecule has 0 aliphatic carbocycles. The van der Waals surface area contributed by atoms with Crippen molar-refractivity contribution < 1.29 is 47.4 Å². The normalized spacial score (nSPS) is 16.2. The van der Waals surface area contributed by atoms with Gasteiger partial charge in [0.15, 0.2) is 0 Å². The first-order chi connectivity index (χ1) is 27.7. The predicted octanol–water partition coefficient (Wildman–Crippen LogP) is 3.40. The molecule has 0 radical (unpaired) electrons. The molecule has 0 bridgehead atoms. The maximum Gasteiger partial charge on any atom is 0.490 e. The highest BCUT2D eigenvalue weighted by Crippen LogP contribution is 2.24. The van der Waals surface area contributed by atoms with E-state index in [0.717, 1.165) is 18.4 Å². The van der Waals surface area contributed by atoms with Gasteiger partial charge in [0.05, 0.1) is 6.54 Å². The summed E-state index contributed by atoms with van der Waals surface area (Å²) in [7, 11) is 0. The molecule has 1 aliphatic rings. The van der Waals surface area contributed by atoms with E-state index in [1.54, 1.807) is 0 Å². The number of carboxylic acid groups (broad SMARTS) is 2. The van der Waals surface area contributed by atoms with Crippen molar-refractivity contribution in [3.63, 3.8) is 0 Å². The van der Waals surface area contributed by atoms with Crippen molar-refractivity contribution in [3.05, 3.63) is 71.8 Å². The number of likely N-dealkylation sites (tertiary alicyclic amines) is 1. The average Bonchev–Trinajstić information content (AvgIpc) is 3.17. The summed E-state index contributed by atoms with van der Waals surface area (Å²) < 4.78 is 31.7. The minimum Gasteiger partial charge on any atom is -0.480 e. The molecule has 2 aromatic rings. The number of amides is 3. The van der Waals surface area contributed by atoms with Gasteiger partial charge >= 0.3 is 18.1 Å². The first-order valence-electron chi connectivity index (χ1n) is 20.2. The van der Waals surface area contributed by atoms with Crippen LogP contribution in [-0.2, 0) is 30.4 Å². The van der Waals surface area contributed by atoms with Gasteiger partial charge in [-0.3, -0.25) is 19.2 Å². The van der Waals surface area contributed by atoms with Crippen LogP contribution in [0.25, 0.3) is 0 Å². The van der Waals surface area contributed by atoms with E-state index in [4.69, 9.17) is 21.4 Å². The summed E-state index contributed by atoms with van der Waals surface area (Å²) in [4.78, 5) is 63.8. The second kappa shape index (κ2) is 25.1. The number of aliphatic carboxylic acids is 2. The topological polar surface area (TPSA) is 229 Å². The second-order valence-electron chi connectivity index (χ2n) is 15.9. The van der Waals surface area contributed by atoms with Crippen molar-refractivity contribution in [2.75, 3.05) is 39.3 Å². The summed E-state index contributed by atoms with van der Waals surface area (Å²) in [6.45, 7) is 11.1. The minimum atomic E-state index is -5.08. The fraction of sp³-hybridized carbons (Fsp3) is 0.595. The summed E-state index contributed by atoms with van der Waals surface area (Å²) in [5.74, 6) is -4.08. The molecule has 330 valence electrons. The molecule has 14 nitrogen and oxygen atoms in total. The van der Waals surface area contributed by atoms with Crippen LogP contribution in [0.3, 0.4) is 0 Å². The van der Waals surface area contributed by atoms with Gasteiger partial charge in [-0.05, 0) is 67.5 Å². The number of carbonyl (C=O) groups is 5. The first kappa shape index (κ1) is 50.6. The quantitative estimate of drug-likeness (QED) is 0.0802. The van der Waals surface area contributed by atoms with Gasteiger partial charge in [-0.2, -0.15) is 13.2 Å². The second-order valence-corrected chi connectivity index (χ2v) is 15.9. The number of nitrogens with two attached hydrogens (primary N) is 2. The Bertz CT molecular complexity index is 1590. The monoisotopic (exact) mass is 835 g/mol. The Balaban J connectivity index is 0.00000157. The van der Waals surface area contributed by atoms with E-state index in [1.807, 2.05) is 62.4 Å². The van der Waals surface area contributed by atoms with E-state index in [9.17, 15) is 37.5 Å². The van der Waals surface area contributed by atoms with Crippen LogP contribution >= 0.6 is 0 Å². The summed E-state index contributed by atoms with van der Waals surface area (Å²) in [5, 5.41) is 29.1. The maximum atomic E-state index is 14.0. The van der Waals surface area contributed by atoms with Crippen molar-refractivity contribution in [2.45, 2.75) is 108 Å². The summed E-state index contributed by atoms with van der Waals surface area (Å²) in [6, 6.07) is 17.8. The molecule has 3 amide bonds. The number of carboxylic acids is 2. The minimum absolute atomic E-state index is 0.0449. The molecule has 1 saturated heterocycles. The van der Waals surface area contributed by atoms with Crippen molar-refractivity contribution in [3.8, 4) is 0 Å². The Kier molecular flexibility index (Phi) is 21.5. The van der Waals surface area contributed by atoms with Crippen molar-refractivity contribution in [2.24, 2.45) is 23.3 Å². The number of nitrogens with one attached hydrogen (secondary N) is 4. The molecule has 3 rings (SSSR count). The molecule has 59 heavy (non-hydrogen) atoms. The van der Waals surface area contributed by atoms with Crippen LogP contribution in [-0.4, -0.2) is 114 Å². The zero-order valence-electron chi connectivity index (χ0n) is 34.6. The van der Waals surface area contributed by atoms with Crippen molar-refractivity contribution >= 4 is 29.7 Å². The third kappa shape index (κ3) is 18.9. The van der Waals surface area contributed by atoms with Crippen LogP contribution in [0.2, 0.25) is 0 Å². The number of benzene rings is 2.